The van der Waals surface area contributed by atoms with E-state index in [4.69, 9.17) is 0 Å². The normalized spacial score (nSPS) is 16.7. The monoisotopic (exact) mass is 206 g/mol. The van der Waals surface area contributed by atoms with E-state index in [0.29, 0.717) is 0 Å². The molecule has 82 valence electrons. The SMILES string of the molecule is CNCc1cncc(N2CCCCC2)n1. The molecule has 4 nitrogen and oxygen atoms in total. The van der Waals surface area contributed by atoms with Crippen molar-refractivity contribution in [2.24, 2.45) is 0 Å². The van der Waals surface area contributed by atoms with E-state index in [1.165, 1.54) is 19.3 Å². The average molecular weight is 206 g/mol. The maximum absolute atomic E-state index is 4.59. The van der Waals surface area contributed by atoms with Crippen molar-refractivity contribution in [1.82, 2.24) is 15.3 Å². The van der Waals surface area contributed by atoms with Crippen molar-refractivity contribution in [3.8, 4) is 0 Å². The molecule has 4 heteroatoms. The predicted molar refractivity (Wildman–Crippen MR) is 60.9 cm³/mol. The molecule has 15 heavy (non-hydrogen) atoms. The lowest BCUT2D eigenvalue weighted by atomic mass is 10.1. The molecule has 2 heterocycles. The van der Waals surface area contributed by atoms with Gasteiger partial charge >= 0.3 is 0 Å². The lowest BCUT2D eigenvalue weighted by Crippen LogP contribution is -2.30. The molecule has 0 spiro atoms. The van der Waals surface area contributed by atoms with Crippen molar-refractivity contribution in [3.05, 3.63) is 18.1 Å². The molecule has 2 rings (SSSR count). The first-order valence-electron chi connectivity index (χ1n) is 5.60. The van der Waals surface area contributed by atoms with Crippen LogP contribution in [0.4, 0.5) is 5.82 Å². The molecule has 1 aromatic rings. The van der Waals surface area contributed by atoms with Gasteiger partial charge < -0.3 is 10.2 Å². The van der Waals surface area contributed by atoms with Gasteiger partial charge in [-0.15, -0.1) is 0 Å². The maximum atomic E-state index is 4.59. The van der Waals surface area contributed by atoms with Gasteiger partial charge in [-0.25, -0.2) is 4.98 Å². The fraction of sp³-hybridized carbons (Fsp3) is 0.636. The van der Waals surface area contributed by atoms with Crippen molar-refractivity contribution in [1.29, 1.82) is 0 Å². The van der Waals surface area contributed by atoms with Gasteiger partial charge in [0, 0.05) is 25.8 Å². The number of hydrogen-bond acceptors (Lipinski definition) is 4. The highest BCUT2D eigenvalue weighted by Gasteiger charge is 2.12. The highest BCUT2D eigenvalue weighted by Crippen LogP contribution is 2.16. The van der Waals surface area contributed by atoms with Crippen molar-refractivity contribution in [2.45, 2.75) is 25.8 Å². The van der Waals surface area contributed by atoms with Gasteiger partial charge in [-0.05, 0) is 26.3 Å². The molecule has 1 aliphatic heterocycles. The topological polar surface area (TPSA) is 41.1 Å². The van der Waals surface area contributed by atoms with E-state index >= 15 is 0 Å². The van der Waals surface area contributed by atoms with E-state index in [0.717, 1.165) is 31.1 Å². The number of rotatable bonds is 3. The number of nitrogens with one attached hydrogen (secondary N) is 1. The highest BCUT2D eigenvalue weighted by molar-refractivity contribution is 5.36. The van der Waals surface area contributed by atoms with Crippen LogP contribution in [-0.4, -0.2) is 30.1 Å². The van der Waals surface area contributed by atoms with Crippen LogP contribution in [0.15, 0.2) is 12.4 Å². The number of anilines is 1. The Bertz CT molecular complexity index is 307. The van der Waals surface area contributed by atoms with Gasteiger partial charge in [-0.2, -0.15) is 0 Å². The smallest absolute Gasteiger partial charge is 0.147 e. The van der Waals surface area contributed by atoms with Crippen LogP contribution in [0.3, 0.4) is 0 Å². The summed E-state index contributed by atoms with van der Waals surface area (Å²) in [7, 11) is 1.93. The molecule has 0 aromatic carbocycles. The molecule has 0 aliphatic carbocycles. The Labute approximate surface area is 90.7 Å². The molecule has 0 radical (unpaired) electrons. The fourth-order valence-electron chi connectivity index (χ4n) is 1.94. The molecule has 0 amide bonds. The van der Waals surface area contributed by atoms with E-state index in [1.807, 2.05) is 19.4 Å². The largest absolute Gasteiger partial charge is 0.355 e. The minimum Gasteiger partial charge on any atom is -0.355 e. The van der Waals surface area contributed by atoms with Crippen molar-refractivity contribution in [2.75, 3.05) is 25.0 Å². The third-order valence-corrected chi connectivity index (χ3v) is 2.71. The summed E-state index contributed by atoms with van der Waals surface area (Å²) in [4.78, 5) is 11.2. The van der Waals surface area contributed by atoms with Gasteiger partial charge in [0.25, 0.3) is 0 Å². The number of aromatic nitrogens is 2. The van der Waals surface area contributed by atoms with Crippen LogP contribution in [0.2, 0.25) is 0 Å². The Balaban J connectivity index is 2.09. The average Bonchev–Trinajstić information content (AvgIpc) is 2.31. The van der Waals surface area contributed by atoms with E-state index in [2.05, 4.69) is 20.2 Å². The van der Waals surface area contributed by atoms with E-state index in [9.17, 15) is 0 Å². The highest BCUT2D eigenvalue weighted by atomic mass is 15.2. The van der Waals surface area contributed by atoms with E-state index in [1.54, 1.807) is 0 Å². The quantitative estimate of drug-likeness (QED) is 0.806. The summed E-state index contributed by atoms with van der Waals surface area (Å²) < 4.78 is 0. The van der Waals surface area contributed by atoms with Crippen molar-refractivity contribution < 1.29 is 0 Å². The first-order valence-corrected chi connectivity index (χ1v) is 5.60. The van der Waals surface area contributed by atoms with Crippen molar-refractivity contribution in [3.63, 3.8) is 0 Å². The second kappa shape index (κ2) is 5.07. The van der Waals surface area contributed by atoms with Crippen LogP contribution in [0.25, 0.3) is 0 Å². The molecule has 1 aromatic heterocycles. The summed E-state index contributed by atoms with van der Waals surface area (Å²) in [5, 5.41) is 3.09. The van der Waals surface area contributed by atoms with Crippen molar-refractivity contribution >= 4 is 5.82 Å². The van der Waals surface area contributed by atoms with Gasteiger partial charge in [0.2, 0.25) is 0 Å². The zero-order valence-electron chi connectivity index (χ0n) is 9.24. The van der Waals surface area contributed by atoms with Crippen LogP contribution in [0.1, 0.15) is 25.0 Å². The number of hydrogen-bond donors (Lipinski definition) is 1. The summed E-state index contributed by atoms with van der Waals surface area (Å²) in [5.74, 6) is 1.03. The third kappa shape index (κ3) is 2.65. The van der Waals surface area contributed by atoms with Crippen LogP contribution in [-0.2, 0) is 6.54 Å². The van der Waals surface area contributed by atoms with Crippen LogP contribution in [0.5, 0.6) is 0 Å². The minimum atomic E-state index is 0.786. The summed E-state index contributed by atoms with van der Waals surface area (Å²) in [6, 6.07) is 0. The lowest BCUT2D eigenvalue weighted by Gasteiger charge is -2.27. The lowest BCUT2D eigenvalue weighted by molar-refractivity contribution is 0.571. The van der Waals surface area contributed by atoms with Crippen LogP contribution >= 0.6 is 0 Å². The zero-order chi connectivity index (χ0) is 10.5. The predicted octanol–water partition coefficient (Wildman–Crippen LogP) is 1.19. The maximum Gasteiger partial charge on any atom is 0.147 e. The molecule has 0 unspecified atom stereocenters. The van der Waals surface area contributed by atoms with Gasteiger partial charge in [0.15, 0.2) is 0 Å². The molecule has 0 atom stereocenters. The Kier molecular flexibility index (Phi) is 3.50. The first-order chi connectivity index (χ1) is 7.40. The Hall–Kier alpha value is -1.16. The number of piperidine rings is 1. The van der Waals surface area contributed by atoms with Gasteiger partial charge in [0.1, 0.15) is 5.82 Å². The molecular formula is C11H18N4. The second-order valence-corrected chi connectivity index (χ2v) is 3.95. The molecular weight excluding hydrogens is 188 g/mol. The van der Waals surface area contributed by atoms with Gasteiger partial charge in [-0.1, -0.05) is 0 Å². The van der Waals surface area contributed by atoms with Crippen LogP contribution < -0.4 is 10.2 Å². The Morgan fingerprint density at radius 3 is 2.80 bits per heavy atom. The third-order valence-electron chi connectivity index (χ3n) is 2.71. The summed E-state index contributed by atoms with van der Waals surface area (Å²) >= 11 is 0. The molecule has 0 bridgehead atoms. The first kappa shape index (κ1) is 10.4. The van der Waals surface area contributed by atoms with Crippen LogP contribution in [0, 0.1) is 0 Å². The standard InChI is InChI=1S/C11H18N4/c1-12-7-10-8-13-9-11(14-10)15-5-3-2-4-6-15/h8-9,12H,2-7H2,1H3. The van der Waals surface area contributed by atoms with E-state index < -0.39 is 0 Å². The molecule has 1 saturated heterocycles. The Morgan fingerprint density at radius 1 is 1.27 bits per heavy atom. The number of nitrogens with zero attached hydrogens (tertiary/aromatic N) is 3. The summed E-state index contributed by atoms with van der Waals surface area (Å²) in [6.07, 6.45) is 7.59. The second-order valence-electron chi connectivity index (χ2n) is 3.95. The minimum absolute atomic E-state index is 0.786. The summed E-state index contributed by atoms with van der Waals surface area (Å²) in [5.41, 5.74) is 1.01. The van der Waals surface area contributed by atoms with Gasteiger partial charge in [-0.3, -0.25) is 4.98 Å². The molecule has 1 fully saturated rings. The molecule has 1 N–H and O–H groups in total. The summed E-state index contributed by atoms with van der Waals surface area (Å²) in [6.45, 7) is 3.03. The zero-order valence-corrected chi connectivity index (χ0v) is 9.24. The fourth-order valence-corrected chi connectivity index (χ4v) is 1.94. The molecule has 1 aliphatic rings. The Morgan fingerprint density at radius 2 is 2.07 bits per heavy atom. The van der Waals surface area contributed by atoms with Gasteiger partial charge in [0.05, 0.1) is 11.9 Å². The van der Waals surface area contributed by atoms with E-state index in [-0.39, 0.29) is 0 Å². The molecule has 0 saturated carbocycles.